The second-order valence-corrected chi connectivity index (χ2v) is 15.8. The van der Waals surface area contributed by atoms with Crippen LogP contribution in [0.25, 0.3) is 111 Å². The summed E-state index contributed by atoms with van der Waals surface area (Å²) >= 11 is 0. The van der Waals surface area contributed by atoms with E-state index in [0.717, 1.165) is 72.8 Å². The van der Waals surface area contributed by atoms with E-state index >= 15 is 0 Å². The molecule has 0 saturated heterocycles. The van der Waals surface area contributed by atoms with Gasteiger partial charge in [0.05, 0.1) is 0 Å². The number of benzene rings is 9. The molecule has 11 rings (SSSR count). The molecule has 5 nitrogen and oxygen atoms in total. The van der Waals surface area contributed by atoms with Crippen molar-refractivity contribution in [1.82, 2.24) is 24.9 Å². The fourth-order valence-electron chi connectivity index (χ4n) is 8.64. The van der Waals surface area contributed by atoms with Crippen LogP contribution in [0.3, 0.4) is 0 Å². The molecule has 0 aliphatic carbocycles. The molecule has 0 aliphatic rings. The first-order chi connectivity index (χ1) is 30.5. The highest BCUT2D eigenvalue weighted by Gasteiger charge is 2.16. The number of hydrogen-bond donors (Lipinski definition) is 0. The van der Waals surface area contributed by atoms with Gasteiger partial charge in [-0.3, -0.25) is 0 Å². The van der Waals surface area contributed by atoms with E-state index in [1.165, 1.54) is 32.3 Å². The Bertz CT molecular complexity index is 3340. The molecule has 292 valence electrons. The summed E-state index contributed by atoms with van der Waals surface area (Å²) < 4.78 is 0. The molecule has 5 heteroatoms. The Morgan fingerprint density at radius 2 is 0.532 bits per heavy atom. The molecule has 0 saturated carbocycles. The first-order valence-corrected chi connectivity index (χ1v) is 20.9. The van der Waals surface area contributed by atoms with Crippen molar-refractivity contribution in [3.8, 4) is 78.9 Å². The summed E-state index contributed by atoms with van der Waals surface area (Å²) in [6.07, 6.45) is 0. The highest BCUT2D eigenvalue weighted by Crippen LogP contribution is 2.39. The predicted octanol–water partition coefficient (Wildman–Crippen LogP) is 14.4. The summed E-state index contributed by atoms with van der Waals surface area (Å²) in [4.78, 5) is 24.6. The van der Waals surface area contributed by atoms with Crippen molar-refractivity contribution >= 4 is 32.3 Å². The average Bonchev–Trinajstić information content (AvgIpc) is 3.34. The fourth-order valence-corrected chi connectivity index (χ4v) is 8.64. The SMILES string of the molecule is Cc1cc(C)nc(-c2ccc(-c3ccc(-c4cc(-c5ccc6c7ccccc7c7ccccc7c6c5)cc(-c5nc(-c6ccccc6)nc(-c6ccccc6)n5)c4)cc3)cc2)n1. The van der Waals surface area contributed by atoms with Crippen LogP contribution in [0.1, 0.15) is 11.4 Å². The highest BCUT2D eigenvalue weighted by atomic mass is 15.0. The van der Waals surface area contributed by atoms with Gasteiger partial charge in [-0.15, -0.1) is 0 Å². The Morgan fingerprint density at radius 1 is 0.210 bits per heavy atom. The van der Waals surface area contributed by atoms with E-state index in [0.29, 0.717) is 17.5 Å². The van der Waals surface area contributed by atoms with Crippen molar-refractivity contribution in [2.24, 2.45) is 0 Å². The van der Waals surface area contributed by atoms with E-state index in [4.69, 9.17) is 15.0 Å². The van der Waals surface area contributed by atoms with Crippen LogP contribution in [0.5, 0.6) is 0 Å². The van der Waals surface area contributed by atoms with Gasteiger partial charge >= 0.3 is 0 Å². The Balaban J connectivity index is 1.06. The molecule has 9 aromatic carbocycles. The molecule has 0 atom stereocenters. The number of rotatable bonds is 7. The molecule has 0 bridgehead atoms. The van der Waals surface area contributed by atoms with Gasteiger partial charge in [0.15, 0.2) is 23.3 Å². The first-order valence-electron chi connectivity index (χ1n) is 20.9. The Morgan fingerprint density at radius 3 is 1.03 bits per heavy atom. The molecule has 0 fully saturated rings. The van der Waals surface area contributed by atoms with Gasteiger partial charge in [-0.1, -0.05) is 170 Å². The Hall–Kier alpha value is -8.15. The quantitative estimate of drug-likeness (QED) is 0.150. The summed E-state index contributed by atoms with van der Waals surface area (Å²) in [5.74, 6) is 2.62. The molecular weight excluding hydrogens is 755 g/mol. The third-order valence-electron chi connectivity index (χ3n) is 11.6. The van der Waals surface area contributed by atoms with E-state index in [9.17, 15) is 0 Å². The average molecular weight is 794 g/mol. The molecule has 11 aromatic rings. The number of aryl methyl sites for hydroxylation is 2. The van der Waals surface area contributed by atoms with Crippen LogP contribution in [-0.2, 0) is 0 Å². The van der Waals surface area contributed by atoms with Gasteiger partial charge in [0.1, 0.15) is 0 Å². The lowest BCUT2D eigenvalue weighted by Gasteiger charge is -2.15. The first kappa shape index (κ1) is 36.9. The second-order valence-electron chi connectivity index (χ2n) is 15.8. The van der Waals surface area contributed by atoms with Gasteiger partial charge in [0, 0.05) is 33.6 Å². The van der Waals surface area contributed by atoms with E-state index < -0.39 is 0 Å². The van der Waals surface area contributed by atoms with Crippen LogP contribution in [-0.4, -0.2) is 24.9 Å². The van der Waals surface area contributed by atoms with Gasteiger partial charge < -0.3 is 0 Å². The van der Waals surface area contributed by atoms with Crippen molar-refractivity contribution in [3.05, 3.63) is 212 Å². The lowest BCUT2D eigenvalue weighted by molar-refractivity contribution is 1.06. The summed E-state index contributed by atoms with van der Waals surface area (Å²) in [7, 11) is 0. The van der Waals surface area contributed by atoms with Crippen molar-refractivity contribution in [3.63, 3.8) is 0 Å². The van der Waals surface area contributed by atoms with Crippen LogP contribution in [0, 0.1) is 13.8 Å². The zero-order valence-electron chi connectivity index (χ0n) is 34.3. The van der Waals surface area contributed by atoms with Crippen molar-refractivity contribution < 1.29 is 0 Å². The van der Waals surface area contributed by atoms with Crippen LogP contribution in [0.15, 0.2) is 200 Å². The van der Waals surface area contributed by atoms with Crippen molar-refractivity contribution in [2.75, 3.05) is 0 Å². The van der Waals surface area contributed by atoms with Gasteiger partial charge in [-0.05, 0) is 110 Å². The summed E-state index contributed by atoms with van der Waals surface area (Å²) in [6, 6.07) is 70.6. The summed E-state index contributed by atoms with van der Waals surface area (Å²) in [6.45, 7) is 4.01. The third kappa shape index (κ3) is 6.95. The largest absolute Gasteiger partial charge is 0.233 e. The van der Waals surface area contributed by atoms with Gasteiger partial charge in [0.25, 0.3) is 0 Å². The van der Waals surface area contributed by atoms with Crippen LogP contribution in [0.4, 0.5) is 0 Å². The minimum atomic E-state index is 0.613. The maximum atomic E-state index is 5.16. The highest BCUT2D eigenvalue weighted by molar-refractivity contribution is 6.25. The molecule has 2 heterocycles. The minimum absolute atomic E-state index is 0.613. The lowest BCUT2D eigenvalue weighted by Crippen LogP contribution is -2.00. The standard InChI is InChI=1S/C57H39N5/c1-36-31-37(2)59-54(58-36)43-27-25-39(26-28-43)38-21-23-40(24-22-38)45-32-46(44-29-30-52-50-19-10-9-17-48(50)49-18-11-12-20-51(49)53(52)35-44)34-47(33-45)57-61-55(41-13-5-3-6-14-41)60-56(62-57)42-15-7-4-8-16-42/h3-35H,1-2H3. The molecule has 0 spiro atoms. The Labute approximate surface area is 360 Å². The molecule has 2 aromatic heterocycles. The third-order valence-corrected chi connectivity index (χ3v) is 11.6. The lowest BCUT2D eigenvalue weighted by atomic mass is 9.90. The maximum absolute atomic E-state index is 5.16. The van der Waals surface area contributed by atoms with Crippen molar-refractivity contribution in [1.29, 1.82) is 0 Å². The number of hydrogen-bond acceptors (Lipinski definition) is 5. The van der Waals surface area contributed by atoms with E-state index in [1.807, 2.05) is 80.6 Å². The number of nitrogens with zero attached hydrogens (tertiary/aromatic N) is 5. The van der Waals surface area contributed by atoms with Crippen molar-refractivity contribution in [2.45, 2.75) is 13.8 Å². The zero-order chi connectivity index (χ0) is 41.6. The molecule has 0 unspecified atom stereocenters. The predicted molar refractivity (Wildman–Crippen MR) is 255 cm³/mol. The van der Waals surface area contributed by atoms with E-state index in [1.54, 1.807) is 0 Å². The van der Waals surface area contributed by atoms with Crippen LogP contribution >= 0.6 is 0 Å². The Kier molecular flexibility index (Phi) is 9.20. The van der Waals surface area contributed by atoms with E-state index in [-0.39, 0.29) is 0 Å². The van der Waals surface area contributed by atoms with E-state index in [2.05, 4.69) is 143 Å². The summed E-state index contributed by atoms with van der Waals surface area (Å²) in [5, 5.41) is 7.47. The summed E-state index contributed by atoms with van der Waals surface area (Å²) in [5.41, 5.74) is 12.3. The van der Waals surface area contributed by atoms with Gasteiger partial charge in [-0.2, -0.15) is 0 Å². The monoisotopic (exact) mass is 793 g/mol. The number of fused-ring (bicyclic) bond motifs is 6. The topological polar surface area (TPSA) is 64.5 Å². The van der Waals surface area contributed by atoms with Gasteiger partial charge in [-0.25, -0.2) is 24.9 Å². The smallest absolute Gasteiger partial charge is 0.164 e. The van der Waals surface area contributed by atoms with Gasteiger partial charge in [0.2, 0.25) is 0 Å². The van der Waals surface area contributed by atoms with Crippen LogP contribution < -0.4 is 0 Å². The zero-order valence-corrected chi connectivity index (χ0v) is 34.3. The molecule has 62 heavy (non-hydrogen) atoms. The molecule has 0 N–H and O–H groups in total. The molecule has 0 radical (unpaired) electrons. The van der Waals surface area contributed by atoms with Crippen LogP contribution in [0.2, 0.25) is 0 Å². The minimum Gasteiger partial charge on any atom is -0.233 e. The maximum Gasteiger partial charge on any atom is 0.164 e. The fraction of sp³-hybridized carbons (Fsp3) is 0.0351. The molecule has 0 amide bonds. The molecular formula is C57H39N5. The molecule has 0 aliphatic heterocycles. The normalized spacial score (nSPS) is 11.4. The number of aromatic nitrogens is 5. The second kappa shape index (κ2) is 15.5.